The number of carbonyl (C=O) groups is 1. The Labute approximate surface area is 177 Å². The van der Waals surface area contributed by atoms with Crippen molar-refractivity contribution in [3.05, 3.63) is 83.4 Å². The van der Waals surface area contributed by atoms with Gasteiger partial charge in [-0.2, -0.15) is 0 Å². The highest BCUT2D eigenvalue weighted by atomic mass is 32.2. The summed E-state index contributed by atoms with van der Waals surface area (Å²) in [6.45, 7) is 5.84. The van der Waals surface area contributed by atoms with Crippen LogP contribution >= 0.6 is 0 Å². The zero-order valence-electron chi connectivity index (χ0n) is 17.1. The lowest BCUT2D eigenvalue weighted by Crippen LogP contribution is -2.17. The van der Waals surface area contributed by atoms with Crippen LogP contribution in [0.2, 0.25) is 0 Å². The topological polar surface area (TPSA) is 84.5 Å². The number of benzene rings is 3. The van der Waals surface area contributed by atoms with Crippen molar-refractivity contribution >= 4 is 27.3 Å². The zero-order valence-corrected chi connectivity index (χ0v) is 17.9. The second kappa shape index (κ2) is 9.00. The molecule has 3 rings (SSSR count). The van der Waals surface area contributed by atoms with Gasteiger partial charge in [0.1, 0.15) is 5.75 Å². The van der Waals surface area contributed by atoms with Crippen LogP contribution in [-0.4, -0.2) is 20.9 Å². The predicted octanol–water partition coefficient (Wildman–Crippen LogP) is 4.76. The van der Waals surface area contributed by atoms with Gasteiger partial charge in [-0.15, -0.1) is 0 Å². The number of sulfonamides is 1. The summed E-state index contributed by atoms with van der Waals surface area (Å²) in [5.74, 6) is 0.129. The third-order valence-corrected chi connectivity index (χ3v) is 6.07. The van der Waals surface area contributed by atoms with Crippen LogP contribution in [0.25, 0.3) is 0 Å². The van der Waals surface area contributed by atoms with Crippen LogP contribution in [-0.2, 0) is 10.0 Å². The number of anilines is 2. The van der Waals surface area contributed by atoms with Crippen molar-refractivity contribution in [1.29, 1.82) is 0 Å². The average Bonchev–Trinajstić information content (AvgIpc) is 2.71. The zero-order chi connectivity index (χ0) is 21.7. The Bertz CT molecular complexity index is 1170. The smallest absolute Gasteiger partial charge is 0.262 e. The fourth-order valence-electron chi connectivity index (χ4n) is 2.96. The van der Waals surface area contributed by atoms with Gasteiger partial charge in [0.05, 0.1) is 22.9 Å². The number of hydrogen-bond acceptors (Lipinski definition) is 4. The van der Waals surface area contributed by atoms with Crippen molar-refractivity contribution in [2.24, 2.45) is 0 Å². The van der Waals surface area contributed by atoms with Crippen molar-refractivity contribution in [2.75, 3.05) is 16.6 Å². The molecule has 0 bridgehead atoms. The SMILES string of the molecule is CCOc1ccccc1NC(=O)c1ccc(C)c(S(=O)(=O)Nc2ccccc2C)c1. The molecule has 3 aromatic carbocycles. The number of aryl methyl sites for hydroxylation is 2. The van der Waals surface area contributed by atoms with E-state index in [-0.39, 0.29) is 10.5 Å². The van der Waals surface area contributed by atoms with Gasteiger partial charge < -0.3 is 10.1 Å². The van der Waals surface area contributed by atoms with E-state index in [4.69, 9.17) is 4.74 Å². The number of hydrogen-bond donors (Lipinski definition) is 2. The molecular weight excluding hydrogens is 400 g/mol. The lowest BCUT2D eigenvalue weighted by atomic mass is 10.1. The molecule has 156 valence electrons. The van der Waals surface area contributed by atoms with E-state index in [9.17, 15) is 13.2 Å². The van der Waals surface area contributed by atoms with Crippen molar-refractivity contribution < 1.29 is 17.9 Å². The minimum Gasteiger partial charge on any atom is -0.492 e. The van der Waals surface area contributed by atoms with Crippen LogP contribution < -0.4 is 14.8 Å². The molecule has 0 saturated carbocycles. The maximum atomic E-state index is 13.0. The van der Waals surface area contributed by atoms with Crippen LogP contribution in [0.15, 0.2) is 71.6 Å². The highest BCUT2D eigenvalue weighted by Crippen LogP contribution is 2.26. The fraction of sp³-hybridized carbons (Fsp3) is 0.174. The number of amides is 1. The Kier molecular flexibility index (Phi) is 6.42. The number of nitrogens with one attached hydrogen (secondary N) is 2. The molecule has 6 nitrogen and oxygen atoms in total. The summed E-state index contributed by atoms with van der Waals surface area (Å²) in [6.07, 6.45) is 0. The van der Waals surface area contributed by atoms with Crippen molar-refractivity contribution in [1.82, 2.24) is 0 Å². The normalized spacial score (nSPS) is 11.0. The first-order valence-electron chi connectivity index (χ1n) is 9.54. The van der Waals surface area contributed by atoms with Crippen LogP contribution in [0.4, 0.5) is 11.4 Å². The highest BCUT2D eigenvalue weighted by Gasteiger charge is 2.20. The van der Waals surface area contributed by atoms with Gasteiger partial charge in [-0.25, -0.2) is 8.42 Å². The van der Waals surface area contributed by atoms with E-state index in [1.165, 1.54) is 6.07 Å². The minimum absolute atomic E-state index is 0.0523. The molecule has 1 amide bonds. The molecule has 30 heavy (non-hydrogen) atoms. The maximum Gasteiger partial charge on any atom is 0.262 e. The second-order valence-electron chi connectivity index (χ2n) is 6.78. The molecule has 0 aromatic heterocycles. The van der Waals surface area contributed by atoms with E-state index in [1.54, 1.807) is 49.4 Å². The standard InChI is InChI=1S/C23H24N2O4S/c1-4-29-21-12-8-7-11-20(21)24-23(26)18-14-13-17(3)22(15-18)30(27,28)25-19-10-6-5-9-16(19)2/h5-15,25H,4H2,1-3H3,(H,24,26). The van der Waals surface area contributed by atoms with E-state index in [2.05, 4.69) is 10.0 Å². The molecule has 0 atom stereocenters. The molecule has 0 aliphatic heterocycles. The molecule has 0 fully saturated rings. The third-order valence-electron chi connectivity index (χ3n) is 4.56. The van der Waals surface area contributed by atoms with Gasteiger partial charge in [-0.3, -0.25) is 9.52 Å². The van der Waals surface area contributed by atoms with Crippen molar-refractivity contribution in [2.45, 2.75) is 25.7 Å². The summed E-state index contributed by atoms with van der Waals surface area (Å²) >= 11 is 0. The number of carbonyl (C=O) groups excluding carboxylic acids is 1. The molecular formula is C23H24N2O4S. The predicted molar refractivity (Wildman–Crippen MR) is 119 cm³/mol. The van der Waals surface area contributed by atoms with Crippen LogP contribution in [0.1, 0.15) is 28.4 Å². The molecule has 7 heteroatoms. The average molecular weight is 425 g/mol. The largest absolute Gasteiger partial charge is 0.492 e. The molecule has 0 aliphatic rings. The van der Waals surface area contributed by atoms with Gasteiger partial charge in [0, 0.05) is 5.56 Å². The third kappa shape index (κ3) is 4.80. The first kappa shape index (κ1) is 21.4. The van der Waals surface area contributed by atoms with Crippen LogP contribution in [0.3, 0.4) is 0 Å². The maximum absolute atomic E-state index is 13.0. The lowest BCUT2D eigenvalue weighted by Gasteiger charge is -2.14. The molecule has 0 aliphatic carbocycles. The van der Waals surface area contributed by atoms with Crippen molar-refractivity contribution in [3.8, 4) is 5.75 Å². The van der Waals surface area contributed by atoms with E-state index in [0.717, 1.165) is 5.56 Å². The Hall–Kier alpha value is -3.32. The molecule has 3 aromatic rings. The molecule has 0 radical (unpaired) electrons. The quantitative estimate of drug-likeness (QED) is 0.573. The van der Waals surface area contributed by atoms with Gasteiger partial charge >= 0.3 is 0 Å². The summed E-state index contributed by atoms with van der Waals surface area (Å²) < 4.78 is 34.1. The van der Waals surface area contributed by atoms with Crippen molar-refractivity contribution in [3.63, 3.8) is 0 Å². The molecule has 0 heterocycles. The Morgan fingerprint density at radius 2 is 1.57 bits per heavy atom. The second-order valence-corrected chi connectivity index (χ2v) is 8.43. The summed E-state index contributed by atoms with van der Waals surface area (Å²) in [6, 6.07) is 18.8. The van der Waals surface area contributed by atoms with E-state index in [0.29, 0.717) is 29.3 Å². The van der Waals surface area contributed by atoms with Crippen LogP contribution in [0, 0.1) is 13.8 Å². The lowest BCUT2D eigenvalue weighted by molar-refractivity contribution is 0.102. The molecule has 0 saturated heterocycles. The van der Waals surface area contributed by atoms with Crippen LogP contribution in [0.5, 0.6) is 5.75 Å². The summed E-state index contributed by atoms with van der Waals surface area (Å²) in [5, 5.41) is 2.79. The molecule has 0 unspecified atom stereocenters. The highest BCUT2D eigenvalue weighted by molar-refractivity contribution is 7.92. The molecule has 2 N–H and O–H groups in total. The number of para-hydroxylation sites is 3. The van der Waals surface area contributed by atoms with Gasteiger partial charge in [0.15, 0.2) is 0 Å². The van der Waals surface area contributed by atoms with E-state index >= 15 is 0 Å². The Morgan fingerprint density at radius 1 is 0.900 bits per heavy atom. The number of ether oxygens (including phenoxy) is 1. The van der Waals surface area contributed by atoms with E-state index < -0.39 is 15.9 Å². The Morgan fingerprint density at radius 3 is 2.27 bits per heavy atom. The summed E-state index contributed by atoms with van der Waals surface area (Å²) in [4.78, 5) is 12.8. The van der Waals surface area contributed by atoms with Gasteiger partial charge in [0.25, 0.3) is 15.9 Å². The fourth-order valence-corrected chi connectivity index (χ4v) is 4.37. The number of rotatable bonds is 7. The van der Waals surface area contributed by atoms with Gasteiger partial charge in [-0.05, 0) is 62.2 Å². The summed E-state index contributed by atoms with van der Waals surface area (Å²) in [5.41, 5.74) is 2.60. The first-order chi connectivity index (χ1) is 14.3. The van der Waals surface area contributed by atoms with E-state index in [1.807, 2.05) is 32.0 Å². The minimum atomic E-state index is -3.87. The first-order valence-corrected chi connectivity index (χ1v) is 11.0. The molecule has 0 spiro atoms. The summed E-state index contributed by atoms with van der Waals surface area (Å²) in [7, 11) is -3.87. The van der Waals surface area contributed by atoms with Gasteiger partial charge in [-0.1, -0.05) is 36.4 Å². The Balaban J connectivity index is 1.90. The van der Waals surface area contributed by atoms with Gasteiger partial charge in [0.2, 0.25) is 0 Å². The monoisotopic (exact) mass is 424 g/mol.